The zero-order valence-corrected chi connectivity index (χ0v) is 11.3. The van der Waals surface area contributed by atoms with Crippen LogP contribution in [0.5, 0.6) is 0 Å². The predicted molar refractivity (Wildman–Crippen MR) is 71.3 cm³/mol. The lowest BCUT2D eigenvalue weighted by Gasteiger charge is -2.04. The lowest BCUT2D eigenvalue weighted by atomic mass is 10.2. The van der Waals surface area contributed by atoms with Crippen molar-refractivity contribution in [3.05, 3.63) is 42.0 Å². The molecule has 0 saturated carbocycles. The van der Waals surface area contributed by atoms with Crippen molar-refractivity contribution < 1.29 is 13.2 Å². The molecule has 98 valence electrons. The van der Waals surface area contributed by atoms with E-state index in [9.17, 15) is 13.2 Å². The van der Waals surface area contributed by atoms with Gasteiger partial charge in [0.25, 0.3) is 5.91 Å². The molecule has 1 rings (SSSR count). The quantitative estimate of drug-likeness (QED) is 0.653. The van der Waals surface area contributed by atoms with Crippen LogP contribution in [0.4, 0.5) is 0 Å². The molecular weight excluding hydrogens is 250 g/mol. The van der Waals surface area contributed by atoms with Gasteiger partial charge in [-0.2, -0.15) is 0 Å². The van der Waals surface area contributed by atoms with Gasteiger partial charge in [-0.05, 0) is 37.6 Å². The third-order valence-electron chi connectivity index (χ3n) is 2.38. The number of sulfone groups is 1. The van der Waals surface area contributed by atoms with E-state index in [0.29, 0.717) is 12.1 Å². The molecule has 1 aromatic rings. The monoisotopic (exact) mass is 267 g/mol. The highest BCUT2D eigenvalue weighted by Gasteiger charge is 2.09. The van der Waals surface area contributed by atoms with Gasteiger partial charge < -0.3 is 5.32 Å². The molecule has 4 nitrogen and oxygen atoms in total. The standard InChI is InChI=1S/C13H17NO3S/c1-3-4-5-10-14-13(15)11-6-8-12(9-7-11)18(2,16)17/h3-4,6-9H,5,10H2,1-2H3,(H,14,15)/b4-3+. The van der Waals surface area contributed by atoms with Crippen LogP contribution in [-0.4, -0.2) is 27.1 Å². The van der Waals surface area contributed by atoms with E-state index in [2.05, 4.69) is 5.32 Å². The Kier molecular flexibility index (Phi) is 5.09. The average molecular weight is 267 g/mol. The predicted octanol–water partition coefficient (Wildman–Crippen LogP) is 1.79. The van der Waals surface area contributed by atoms with Gasteiger partial charge in [0.15, 0.2) is 9.84 Å². The number of carbonyl (C=O) groups is 1. The van der Waals surface area contributed by atoms with E-state index in [1.54, 1.807) is 0 Å². The van der Waals surface area contributed by atoms with Gasteiger partial charge in [-0.15, -0.1) is 0 Å². The van der Waals surface area contributed by atoms with E-state index < -0.39 is 9.84 Å². The Bertz CT molecular complexity index is 530. The van der Waals surface area contributed by atoms with Crippen LogP contribution in [0.2, 0.25) is 0 Å². The molecule has 1 N–H and O–H groups in total. The molecule has 0 unspecified atom stereocenters. The fourth-order valence-electron chi connectivity index (χ4n) is 1.39. The van der Waals surface area contributed by atoms with E-state index in [-0.39, 0.29) is 10.8 Å². The summed E-state index contributed by atoms with van der Waals surface area (Å²) in [5.74, 6) is -0.195. The molecule has 5 heteroatoms. The van der Waals surface area contributed by atoms with Gasteiger partial charge in [0.05, 0.1) is 4.90 Å². The number of benzene rings is 1. The van der Waals surface area contributed by atoms with Gasteiger partial charge >= 0.3 is 0 Å². The molecule has 0 aliphatic rings. The lowest BCUT2D eigenvalue weighted by molar-refractivity contribution is 0.0954. The molecular formula is C13H17NO3S. The summed E-state index contributed by atoms with van der Waals surface area (Å²) >= 11 is 0. The highest BCUT2D eigenvalue weighted by atomic mass is 32.2. The molecule has 0 aliphatic carbocycles. The van der Waals surface area contributed by atoms with Crippen molar-refractivity contribution >= 4 is 15.7 Å². The minimum Gasteiger partial charge on any atom is -0.352 e. The molecule has 1 amide bonds. The summed E-state index contributed by atoms with van der Waals surface area (Å²) in [7, 11) is -3.21. The number of amides is 1. The molecule has 1 aromatic carbocycles. The normalized spacial score (nSPS) is 11.7. The molecule has 0 bridgehead atoms. The third-order valence-corrected chi connectivity index (χ3v) is 3.51. The highest BCUT2D eigenvalue weighted by Crippen LogP contribution is 2.10. The molecule has 0 fully saturated rings. The highest BCUT2D eigenvalue weighted by molar-refractivity contribution is 7.90. The summed E-state index contributed by atoms with van der Waals surface area (Å²) in [6.07, 6.45) is 5.81. The second-order valence-electron chi connectivity index (χ2n) is 3.91. The number of carbonyl (C=O) groups excluding carboxylic acids is 1. The van der Waals surface area contributed by atoms with Crippen molar-refractivity contribution in [2.75, 3.05) is 12.8 Å². The third kappa shape index (κ3) is 4.33. The number of hydrogen-bond donors (Lipinski definition) is 1. The summed E-state index contributed by atoms with van der Waals surface area (Å²) in [5.41, 5.74) is 0.461. The van der Waals surface area contributed by atoms with Crippen LogP contribution in [0, 0.1) is 0 Å². The van der Waals surface area contributed by atoms with E-state index in [1.165, 1.54) is 24.3 Å². The van der Waals surface area contributed by atoms with Crippen LogP contribution >= 0.6 is 0 Å². The van der Waals surface area contributed by atoms with Gasteiger partial charge in [0, 0.05) is 18.4 Å². The van der Waals surface area contributed by atoms with Crippen LogP contribution in [0.15, 0.2) is 41.3 Å². The minimum absolute atomic E-state index is 0.195. The first-order valence-corrected chi connectivity index (χ1v) is 7.54. The smallest absolute Gasteiger partial charge is 0.251 e. The second-order valence-corrected chi connectivity index (χ2v) is 5.93. The number of rotatable bonds is 5. The maximum Gasteiger partial charge on any atom is 0.251 e. The van der Waals surface area contributed by atoms with Gasteiger partial charge in [-0.1, -0.05) is 12.2 Å². The summed E-state index contributed by atoms with van der Waals surface area (Å²) in [6.45, 7) is 2.49. The first-order chi connectivity index (χ1) is 8.45. The van der Waals surface area contributed by atoms with Crippen molar-refractivity contribution in [2.24, 2.45) is 0 Å². The summed E-state index contributed by atoms with van der Waals surface area (Å²) in [4.78, 5) is 11.9. The Morgan fingerprint density at radius 3 is 2.39 bits per heavy atom. The van der Waals surface area contributed by atoms with E-state index >= 15 is 0 Å². The van der Waals surface area contributed by atoms with Gasteiger partial charge in [-0.25, -0.2) is 8.42 Å². The van der Waals surface area contributed by atoms with Gasteiger partial charge in [-0.3, -0.25) is 4.79 Å². The van der Waals surface area contributed by atoms with Crippen molar-refractivity contribution in [1.82, 2.24) is 5.32 Å². The summed E-state index contributed by atoms with van der Waals surface area (Å²) < 4.78 is 22.5. The molecule has 18 heavy (non-hydrogen) atoms. The Balaban J connectivity index is 2.65. The average Bonchev–Trinajstić information content (AvgIpc) is 2.33. The molecule has 0 atom stereocenters. The van der Waals surface area contributed by atoms with Crippen LogP contribution in [-0.2, 0) is 9.84 Å². The van der Waals surface area contributed by atoms with Gasteiger partial charge in [0.2, 0.25) is 0 Å². The minimum atomic E-state index is -3.21. The Morgan fingerprint density at radius 2 is 1.89 bits per heavy atom. The first-order valence-electron chi connectivity index (χ1n) is 5.64. The maximum absolute atomic E-state index is 11.7. The molecule has 0 spiro atoms. The zero-order valence-electron chi connectivity index (χ0n) is 10.5. The zero-order chi connectivity index (χ0) is 13.6. The molecule has 0 heterocycles. The summed E-state index contributed by atoms with van der Waals surface area (Å²) in [6, 6.07) is 5.91. The Hall–Kier alpha value is -1.62. The van der Waals surface area contributed by atoms with Crippen LogP contribution in [0.1, 0.15) is 23.7 Å². The molecule has 0 aliphatic heterocycles. The topological polar surface area (TPSA) is 63.2 Å². The lowest BCUT2D eigenvalue weighted by Crippen LogP contribution is -2.24. The Morgan fingerprint density at radius 1 is 1.28 bits per heavy atom. The maximum atomic E-state index is 11.7. The van der Waals surface area contributed by atoms with Crippen LogP contribution < -0.4 is 5.32 Å². The van der Waals surface area contributed by atoms with Crippen molar-refractivity contribution in [2.45, 2.75) is 18.2 Å². The fourth-order valence-corrected chi connectivity index (χ4v) is 2.02. The number of hydrogen-bond acceptors (Lipinski definition) is 3. The molecule has 0 saturated heterocycles. The second kappa shape index (κ2) is 6.35. The fraction of sp³-hybridized carbons (Fsp3) is 0.308. The molecule has 0 radical (unpaired) electrons. The largest absolute Gasteiger partial charge is 0.352 e. The number of nitrogens with one attached hydrogen (secondary N) is 1. The number of allylic oxidation sites excluding steroid dienone is 1. The molecule has 0 aromatic heterocycles. The van der Waals surface area contributed by atoms with Crippen molar-refractivity contribution in [3.8, 4) is 0 Å². The van der Waals surface area contributed by atoms with Gasteiger partial charge in [0.1, 0.15) is 0 Å². The van der Waals surface area contributed by atoms with E-state index in [4.69, 9.17) is 0 Å². The van der Waals surface area contributed by atoms with E-state index in [0.717, 1.165) is 12.7 Å². The van der Waals surface area contributed by atoms with Crippen LogP contribution in [0.3, 0.4) is 0 Å². The van der Waals surface area contributed by atoms with Crippen molar-refractivity contribution in [3.63, 3.8) is 0 Å². The first kappa shape index (κ1) is 14.4. The summed E-state index contributed by atoms with van der Waals surface area (Å²) in [5, 5.41) is 2.75. The SMILES string of the molecule is C/C=C/CCNC(=O)c1ccc(S(C)(=O)=O)cc1. The Labute approximate surface area is 108 Å². The van der Waals surface area contributed by atoms with E-state index in [1.807, 2.05) is 19.1 Å². The van der Waals surface area contributed by atoms with Crippen molar-refractivity contribution in [1.29, 1.82) is 0 Å². The van der Waals surface area contributed by atoms with Crippen LogP contribution in [0.25, 0.3) is 0 Å².